The first-order valence-corrected chi connectivity index (χ1v) is 9.02. The molecule has 0 aliphatic heterocycles. The number of alkyl halides is 3. The quantitative estimate of drug-likeness (QED) is 0.658. The molecule has 0 saturated heterocycles. The van der Waals surface area contributed by atoms with Crippen LogP contribution in [0.1, 0.15) is 11.3 Å². The van der Waals surface area contributed by atoms with Crippen LogP contribution in [0.2, 0.25) is 0 Å². The summed E-state index contributed by atoms with van der Waals surface area (Å²) in [6.07, 6.45) is -5.01. The van der Waals surface area contributed by atoms with Crippen molar-refractivity contribution in [2.45, 2.75) is 17.6 Å². The molecule has 0 amide bonds. The summed E-state index contributed by atoms with van der Waals surface area (Å²) in [5, 5.41) is 3.72. The van der Waals surface area contributed by atoms with Gasteiger partial charge in [-0.3, -0.25) is 0 Å². The second-order valence-corrected chi connectivity index (χ2v) is 7.28. The van der Waals surface area contributed by atoms with Crippen molar-refractivity contribution in [3.8, 4) is 11.3 Å². The van der Waals surface area contributed by atoms with Gasteiger partial charge in [0.05, 0.1) is 22.7 Å². The second-order valence-electron chi connectivity index (χ2n) is 5.51. The standard InChI is InChI=1S/C17H12F4N2O3S/c18-15-7-6-13(9-14(15)17(19,20)21)27(24,25)22-10-12-8-16(26-23-12)11-4-2-1-3-5-11/h1-9,22H,10H2. The van der Waals surface area contributed by atoms with Gasteiger partial charge in [-0.05, 0) is 18.2 Å². The van der Waals surface area contributed by atoms with Gasteiger partial charge < -0.3 is 4.52 Å². The van der Waals surface area contributed by atoms with Crippen LogP contribution >= 0.6 is 0 Å². The van der Waals surface area contributed by atoms with E-state index in [1.165, 1.54) is 6.07 Å². The Hall–Kier alpha value is -2.72. The molecule has 0 atom stereocenters. The van der Waals surface area contributed by atoms with E-state index in [4.69, 9.17) is 4.52 Å². The van der Waals surface area contributed by atoms with Crippen molar-refractivity contribution in [2.75, 3.05) is 0 Å². The van der Waals surface area contributed by atoms with E-state index >= 15 is 0 Å². The summed E-state index contributed by atoms with van der Waals surface area (Å²) in [5.74, 6) is -1.14. The molecular formula is C17H12F4N2O3S. The molecule has 3 aromatic rings. The van der Waals surface area contributed by atoms with E-state index in [0.717, 1.165) is 11.6 Å². The molecule has 0 fully saturated rings. The Morgan fingerprint density at radius 3 is 2.41 bits per heavy atom. The molecule has 5 nitrogen and oxygen atoms in total. The minimum absolute atomic E-state index is 0.232. The Labute approximate surface area is 151 Å². The molecule has 1 N–H and O–H groups in total. The van der Waals surface area contributed by atoms with E-state index in [-0.39, 0.29) is 18.3 Å². The predicted octanol–water partition coefficient (Wildman–Crippen LogP) is 3.98. The molecule has 142 valence electrons. The highest BCUT2D eigenvalue weighted by Gasteiger charge is 2.35. The summed E-state index contributed by atoms with van der Waals surface area (Å²) in [7, 11) is -4.31. The summed E-state index contributed by atoms with van der Waals surface area (Å²) in [5.41, 5.74) is -0.693. The number of nitrogens with zero attached hydrogens (tertiary/aromatic N) is 1. The lowest BCUT2D eigenvalue weighted by Gasteiger charge is -2.10. The van der Waals surface area contributed by atoms with Gasteiger partial charge in [0, 0.05) is 11.6 Å². The largest absolute Gasteiger partial charge is 0.419 e. The number of sulfonamides is 1. The molecule has 1 aromatic heterocycles. The molecule has 27 heavy (non-hydrogen) atoms. The van der Waals surface area contributed by atoms with Crippen LogP contribution in [-0.2, 0) is 22.7 Å². The lowest BCUT2D eigenvalue weighted by Crippen LogP contribution is -2.24. The highest BCUT2D eigenvalue weighted by Crippen LogP contribution is 2.32. The van der Waals surface area contributed by atoms with Gasteiger partial charge in [0.1, 0.15) is 5.82 Å². The lowest BCUT2D eigenvalue weighted by molar-refractivity contribution is -0.140. The van der Waals surface area contributed by atoms with Crippen LogP contribution in [-0.4, -0.2) is 13.6 Å². The molecule has 0 aliphatic rings. The van der Waals surface area contributed by atoms with Crippen molar-refractivity contribution in [2.24, 2.45) is 0 Å². The first-order chi connectivity index (χ1) is 12.7. The molecule has 0 radical (unpaired) electrons. The van der Waals surface area contributed by atoms with Crippen molar-refractivity contribution in [1.29, 1.82) is 0 Å². The van der Waals surface area contributed by atoms with Gasteiger partial charge in [-0.2, -0.15) is 13.2 Å². The van der Waals surface area contributed by atoms with Gasteiger partial charge in [0.15, 0.2) is 5.76 Å². The molecular weight excluding hydrogens is 388 g/mol. The van der Waals surface area contributed by atoms with Crippen LogP contribution in [0.3, 0.4) is 0 Å². The van der Waals surface area contributed by atoms with Gasteiger partial charge in [-0.25, -0.2) is 17.5 Å². The lowest BCUT2D eigenvalue weighted by atomic mass is 10.2. The van der Waals surface area contributed by atoms with Crippen LogP contribution < -0.4 is 4.72 Å². The van der Waals surface area contributed by atoms with Gasteiger partial charge >= 0.3 is 6.18 Å². The minimum atomic E-state index is -5.01. The highest BCUT2D eigenvalue weighted by atomic mass is 32.2. The Bertz CT molecular complexity index is 1050. The summed E-state index contributed by atoms with van der Waals surface area (Å²) in [6.45, 7) is -0.308. The van der Waals surface area contributed by atoms with Crippen LogP contribution in [0.4, 0.5) is 17.6 Å². The SMILES string of the molecule is O=S(=O)(NCc1cc(-c2ccccc2)on1)c1ccc(F)c(C(F)(F)F)c1. The smallest absolute Gasteiger partial charge is 0.356 e. The zero-order valence-corrected chi connectivity index (χ0v) is 14.3. The summed E-state index contributed by atoms with van der Waals surface area (Å²) >= 11 is 0. The fraction of sp³-hybridized carbons (Fsp3) is 0.118. The minimum Gasteiger partial charge on any atom is -0.356 e. The van der Waals surface area contributed by atoms with Crippen LogP contribution in [0, 0.1) is 5.82 Å². The summed E-state index contributed by atoms with van der Waals surface area (Å²) in [4.78, 5) is -0.706. The van der Waals surface area contributed by atoms with Crippen LogP contribution in [0.5, 0.6) is 0 Å². The average molecular weight is 400 g/mol. The van der Waals surface area contributed by atoms with Crippen molar-refractivity contribution in [3.05, 3.63) is 71.7 Å². The number of hydrogen-bond donors (Lipinski definition) is 1. The molecule has 0 spiro atoms. The van der Waals surface area contributed by atoms with Gasteiger partial charge in [-0.1, -0.05) is 35.5 Å². The molecule has 0 aliphatic carbocycles. The first kappa shape index (κ1) is 19.1. The van der Waals surface area contributed by atoms with Gasteiger partial charge in [0.2, 0.25) is 10.0 Å². The normalized spacial score (nSPS) is 12.3. The van der Waals surface area contributed by atoms with Gasteiger partial charge in [0.25, 0.3) is 0 Å². The van der Waals surface area contributed by atoms with E-state index in [0.29, 0.717) is 11.8 Å². The van der Waals surface area contributed by atoms with Gasteiger partial charge in [-0.15, -0.1) is 0 Å². The number of halogens is 4. The molecule has 1 heterocycles. The average Bonchev–Trinajstić information content (AvgIpc) is 3.09. The number of hydrogen-bond acceptors (Lipinski definition) is 4. The maximum Gasteiger partial charge on any atom is 0.419 e. The third-order valence-corrected chi connectivity index (χ3v) is 5.01. The van der Waals surface area contributed by atoms with E-state index in [9.17, 15) is 26.0 Å². The number of aromatic nitrogens is 1. The molecule has 3 rings (SSSR count). The Balaban J connectivity index is 1.77. The van der Waals surface area contributed by atoms with Crippen LogP contribution in [0.25, 0.3) is 11.3 Å². The monoisotopic (exact) mass is 400 g/mol. The number of nitrogens with one attached hydrogen (secondary N) is 1. The Kier molecular flexibility index (Phi) is 5.03. The first-order valence-electron chi connectivity index (χ1n) is 7.54. The second kappa shape index (κ2) is 7.12. The number of rotatable bonds is 5. The van der Waals surface area contributed by atoms with E-state index in [2.05, 4.69) is 9.88 Å². The van der Waals surface area contributed by atoms with E-state index in [1.807, 2.05) is 6.07 Å². The molecule has 0 saturated carbocycles. The molecule has 0 bridgehead atoms. The summed E-state index contributed by atoms with van der Waals surface area (Å²) in [6, 6.07) is 11.9. The van der Waals surface area contributed by atoms with E-state index in [1.54, 1.807) is 24.3 Å². The van der Waals surface area contributed by atoms with Crippen molar-refractivity contribution >= 4 is 10.0 Å². The fourth-order valence-electron chi connectivity index (χ4n) is 2.27. The van der Waals surface area contributed by atoms with Crippen molar-refractivity contribution in [3.63, 3.8) is 0 Å². The molecule has 10 heteroatoms. The van der Waals surface area contributed by atoms with E-state index < -0.39 is 32.5 Å². The number of benzene rings is 2. The zero-order chi connectivity index (χ0) is 19.7. The fourth-order valence-corrected chi connectivity index (χ4v) is 3.30. The molecule has 0 unspecified atom stereocenters. The maximum absolute atomic E-state index is 13.3. The third kappa shape index (κ3) is 4.34. The highest BCUT2D eigenvalue weighted by molar-refractivity contribution is 7.89. The van der Waals surface area contributed by atoms with Crippen molar-refractivity contribution < 1.29 is 30.5 Å². The topological polar surface area (TPSA) is 72.2 Å². The van der Waals surface area contributed by atoms with Crippen LogP contribution in [0.15, 0.2) is 64.0 Å². The Morgan fingerprint density at radius 2 is 1.74 bits per heavy atom. The zero-order valence-electron chi connectivity index (χ0n) is 13.5. The Morgan fingerprint density at radius 1 is 1.04 bits per heavy atom. The maximum atomic E-state index is 13.3. The molecule has 2 aromatic carbocycles. The van der Waals surface area contributed by atoms with Crippen molar-refractivity contribution in [1.82, 2.24) is 9.88 Å². The predicted molar refractivity (Wildman–Crippen MR) is 87.4 cm³/mol. The third-order valence-electron chi connectivity index (χ3n) is 3.61. The summed E-state index contributed by atoms with van der Waals surface area (Å²) < 4.78 is 83.2.